The van der Waals surface area contributed by atoms with E-state index in [-0.39, 0.29) is 17.7 Å². The maximum Gasteiger partial charge on any atom is 0.340 e. The van der Waals surface area contributed by atoms with Crippen molar-refractivity contribution in [2.45, 2.75) is 13.3 Å². The number of carbonyl (C=O) groups excluding carboxylic acids is 2. The summed E-state index contributed by atoms with van der Waals surface area (Å²) in [4.78, 5) is 35.4. The molecule has 0 bridgehead atoms. The van der Waals surface area contributed by atoms with Crippen molar-refractivity contribution >= 4 is 73.2 Å². The van der Waals surface area contributed by atoms with Crippen LogP contribution in [0.2, 0.25) is 0 Å². The predicted octanol–water partition coefficient (Wildman–Crippen LogP) is 4.07. The Morgan fingerprint density at radius 3 is 2.12 bits per heavy atom. The number of benzene rings is 4. The van der Waals surface area contributed by atoms with Gasteiger partial charge in [-0.25, -0.2) is 9.79 Å². The van der Waals surface area contributed by atoms with Gasteiger partial charge < -0.3 is 9.64 Å². The second-order valence-corrected chi connectivity index (χ2v) is 11.1. The maximum atomic E-state index is 13.8. The molecule has 212 valence electrons. The van der Waals surface area contributed by atoms with Gasteiger partial charge in [0.15, 0.2) is 0 Å². The lowest BCUT2D eigenvalue weighted by Crippen LogP contribution is -2.43. The first-order valence-corrected chi connectivity index (χ1v) is 14.7. The molecule has 0 unspecified atom stereocenters. The van der Waals surface area contributed by atoms with Gasteiger partial charge in [-0.1, -0.05) is 71.6 Å². The van der Waals surface area contributed by atoms with Crippen molar-refractivity contribution in [2.75, 3.05) is 18.6 Å². The number of hydrogen-bond donors (Lipinski definition) is 0. The number of amides is 1. The molecule has 1 aliphatic heterocycles. The Kier molecular flexibility index (Phi) is 7.76. The largest absolute Gasteiger partial charge is 0.465 e. The number of carbonyl (C=O) groups is 2. The number of rotatable bonds is 7. The van der Waals surface area contributed by atoms with E-state index < -0.39 is 5.97 Å². The molecule has 2 fully saturated rings. The minimum atomic E-state index is -0.425. The van der Waals surface area contributed by atoms with E-state index >= 15 is 0 Å². The Morgan fingerprint density at radius 2 is 1.53 bits per heavy atom. The fourth-order valence-corrected chi connectivity index (χ4v) is 6.05. The molecule has 6 rings (SSSR count). The molecule has 8 heteroatoms. The van der Waals surface area contributed by atoms with Gasteiger partial charge in [-0.05, 0) is 67.3 Å². The number of esters is 1. The molecule has 0 spiro atoms. The third kappa shape index (κ3) is 5.53. The summed E-state index contributed by atoms with van der Waals surface area (Å²) in [7, 11) is 5.26. The molecule has 1 saturated carbocycles. The van der Waals surface area contributed by atoms with E-state index in [0.29, 0.717) is 17.8 Å². The number of aliphatic imine (C=N–C) groups is 1. The van der Waals surface area contributed by atoms with Gasteiger partial charge in [-0.15, -0.1) is 0 Å². The van der Waals surface area contributed by atoms with E-state index in [9.17, 15) is 9.59 Å². The SMILES string of the molecule is Bc1cc(B)c(N=C2[C@H]3C[C@H]3/C(=C/c3ccc(N(c4ccccc4)c4ccccc4)cc3)C(=O)N2CC)c(C(=O)OC)c1. The molecule has 4 aromatic carbocycles. The summed E-state index contributed by atoms with van der Waals surface area (Å²) < 4.78 is 5.04. The highest BCUT2D eigenvalue weighted by atomic mass is 16.5. The number of nitrogens with zero attached hydrogens (tertiary/aromatic N) is 3. The first kappa shape index (κ1) is 28.3. The summed E-state index contributed by atoms with van der Waals surface area (Å²) >= 11 is 0. The van der Waals surface area contributed by atoms with Crippen LogP contribution in [0.3, 0.4) is 0 Å². The Hall–Kier alpha value is -4.84. The Labute approximate surface area is 254 Å². The lowest BCUT2D eigenvalue weighted by Gasteiger charge is -2.29. The van der Waals surface area contributed by atoms with E-state index in [1.165, 1.54) is 7.11 Å². The van der Waals surface area contributed by atoms with Gasteiger partial charge in [-0.2, -0.15) is 0 Å². The lowest BCUT2D eigenvalue weighted by atomic mass is 9.83. The molecular formula is C35H33B2N3O3. The average molecular weight is 565 g/mol. The number of fused-ring (bicyclic) bond motifs is 1. The topological polar surface area (TPSA) is 62.2 Å². The average Bonchev–Trinajstić information content (AvgIpc) is 3.83. The fraction of sp³-hybridized carbons (Fsp3) is 0.171. The van der Waals surface area contributed by atoms with Crippen LogP contribution in [0.4, 0.5) is 22.7 Å². The number of likely N-dealkylation sites (tertiary alicyclic amines) is 1. The van der Waals surface area contributed by atoms with Gasteiger partial charge in [0.2, 0.25) is 0 Å². The quantitative estimate of drug-likeness (QED) is 0.193. The second kappa shape index (κ2) is 11.8. The Balaban J connectivity index is 1.31. The van der Waals surface area contributed by atoms with Crippen LogP contribution in [0.1, 0.15) is 29.3 Å². The van der Waals surface area contributed by atoms with Crippen molar-refractivity contribution in [2.24, 2.45) is 16.8 Å². The van der Waals surface area contributed by atoms with Crippen LogP contribution in [0.15, 0.2) is 108 Å². The highest BCUT2D eigenvalue weighted by Gasteiger charge is 2.53. The molecular weight excluding hydrogens is 532 g/mol. The molecule has 0 aromatic heterocycles. The molecule has 6 nitrogen and oxygen atoms in total. The summed E-state index contributed by atoms with van der Waals surface area (Å²) in [5, 5.41) is 0. The Bertz CT molecular complexity index is 1700. The molecule has 2 atom stereocenters. The number of hydrogen-bond acceptors (Lipinski definition) is 5. The van der Waals surface area contributed by atoms with Crippen molar-refractivity contribution in [3.8, 4) is 0 Å². The summed E-state index contributed by atoms with van der Waals surface area (Å²) in [5.41, 5.74) is 7.84. The van der Waals surface area contributed by atoms with E-state index in [4.69, 9.17) is 9.73 Å². The standard InChI is InChI=1S/C35H33B2N3O3/c1-3-39-33(38-32-30(35(42)43-2)19-23(36)20-31(32)37)28-21-27(28)29(34(39)41)18-22-14-16-26(17-15-22)40(24-10-6-4-7-11-24)25-12-8-5-9-13-25/h4-20,27-28H,3,21,36-37H2,1-2H3/b29-18-,38-33?/t27-,28+/m1/s1. The van der Waals surface area contributed by atoms with E-state index in [2.05, 4.69) is 53.4 Å². The minimum Gasteiger partial charge on any atom is -0.465 e. The lowest BCUT2D eigenvalue weighted by molar-refractivity contribution is -0.124. The van der Waals surface area contributed by atoms with Crippen LogP contribution in [0.25, 0.3) is 6.08 Å². The summed E-state index contributed by atoms with van der Waals surface area (Å²) in [6.45, 7) is 2.46. The fourth-order valence-electron chi connectivity index (χ4n) is 6.05. The van der Waals surface area contributed by atoms with Crippen molar-refractivity contribution in [1.29, 1.82) is 0 Å². The van der Waals surface area contributed by atoms with Crippen LogP contribution in [0.5, 0.6) is 0 Å². The highest BCUT2D eigenvalue weighted by Crippen LogP contribution is 2.51. The maximum absolute atomic E-state index is 13.8. The van der Waals surface area contributed by atoms with Crippen LogP contribution in [-0.4, -0.2) is 52.0 Å². The van der Waals surface area contributed by atoms with Gasteiger partial charge in [0.25, 0.3) is 5.91 Å². The van der Waals surface area contributed by atoms with E-state index in [0.717, 1.165) is 51.4 Å². The number of piperidine rings is 1. The number of likely N-dealkylation sites (N-methyl/N-ethyl adjacent to an activating group) is 1. The van der Waals surface area contributed by atoms with Gasteiger partial charge >= 0.3 is 5.97 Å². The van der Waals surface area contributed by atoms with Crippen molar-refractivity contribution in [3.05, 3.63) is 114 Å². The smallest absolute Gasteiger partial charge is 0.340 e. The number of ether oxygens (including phenoxy) is 1. The number of methoxy groups -OCH3 is 1. The van der Waals surface area contributed by atoms with Gasteiger partial charge in [-0.3, -0.25) is 9.69 Å². The normalized spacial score (nSPS) is 19.3. The number of amidine groups is 1. The zero-order valence-corrected chi connectivity index (χ0v) is 25.0. The van der Waals surface area contributed by atoms with Gasteiger partial charge in [0.1, 0.15) is 21.5 Å². The predicted molar refractivity (Wildman–Crippen MR) is 179 cm³/mol. The first-order valence-electron chi connectivity index (χ1n) is 14.7. The molecule has 1 saturated heterocycles. The second-order valence-electron chi connectivity index (χ2n) is 11.1. The van der Waals surface area contributed by atoms with Gasteiger partial charge in [0.05, 0.1) is 18.4 Å². The third-order valence-electron chi connectivity index (χ3n) is 8.19. The zero-order valence-electron chi connectivity index (χ0n) is 25.0. The van der Waals surface area contributed by atoms with Crippen LogP contribution >= 0.6 is 0 Å². The molecule has 4 aromatic rings. The molecule has 1 amide bonds. The van der Waals surface area contributed by atoms with Gasteiger partial charge in [0, 0.05) is 35.1 Å². The Morgan fingerprint density at radius 1 is 0.930 bits per heavy atom. The molecule has 0 N–H and O–H groups in total. The molecule has 1 aliphatic carbocycles. The summed E-state index contributed by atoms with van der Waals surface area (Å²) in [6, 6.07) is 32.7. The van der Waals surface area contributed by atoms with Crippen molar-refractivity contribution in [3.63, 3.8) is 0 Å². The summed E-state index contributed by atoms with van der Waals surface area (Å²) in [5.74, 6) is 0.546. The highest BCUT2D eigenvalue weighted by molar-refractivity contribution is 6.41. The third-order valence-corrected chi connectivity index (χ3v) is 8.19. The molecule has 1 heterocycles. The van der Waals surface area contributed by atoms with Crippen LogP contribution in [0, 0.1) is 11.8 Å². The van der Waals surface area contributed by atoms with Crippen molar-refractivity contribution < 1.29 is 14.3 Å². The number of para-hydroxylation sites is 2. The monoisotopic (exact) mass is 565 g/mol. The van der Waals surface area contributed by atoms with E-state index in [1.807, 2.05) is 71.2 Å². The van der Waals surface area contributed by atoms with Crippen LogP contribution in [-0.2, 0) is 9.53 Å². The summed E-state index contributed by atoms with van der Waals surface area (Å²) in [6.07, 6.45) is 2.89. The first-order chi connectivity index (χ1) is 20.9. The zero-order chi connectivity index (χ0) is 30.1. The van der Waals surface area contributed by atoms with Crippen LogP contribution < -0.4 is 15.8 Å². The molecule has 0 radical (unpaired) electrons. The number of anilines is 3. The van der Waals surface area contributed by atoms with Crippen molar-refractivity contribution in [1.82, 2.24) is 4.90 Å². The molecule has 43 heavy (non-hydrogen) atoms. The molecule has 2 aliphatic rings. The van der Waals surface area contributed by atoms with E-state index in [1.54, 1.807) is 11.0 Å². The minimum absolute atomic E-state index is 0.0244.